The Hall–Kier alpha value is -2.58. The number of hydrogen-bond acceptors (Lipinski definition) is 7. The molecular formula is C20H30N6O3. The Morgan fingerprint density at radius 1 is 1.24 bits per heavy atom. The number of nitrogens with zero attached hydrogens (tertiary/aromatic N) is 6. The quantitative estimate of drug-likeness (QED) is 0.705. The number of carbonyl (C=O) groups excluding carboxylic acids is 1. The second-order valence-corrected chi connectivity index (χ2v) is 8.51. The van der Waals surface area contributed by atoms with E-state index >= 15 is 0 Å². The molecule has 0 radical (unpaired) electrons. The fraction of sp³-hybridized carbons (Fsp3) is 0.700. The third-order valence-electron chi connectivity index (χ3n) is 5.92. The van der Waals surface area contributed by atoms with Crippen LogP contribution in [0.3, 0.4) is 0 Å². The number of ether oxygens (including phenoxy) is 1. The fourth-order valence-electron chi connectivity index (χ4n) is 4.09. The van der Waals surface area contributed by atoms with E-state index in [4.69, 9.17) is 4.74 Å². The molecule has 1 aliphatic rings. The Kier molecular flexibility index (Phi) is 6.14. The van der Waals surface area contributed by atoms with Gasteiger partial charge in [-0.25, -0.2) is 9.48 Å². The smallest absolute Gasteiger partial charge is 0.330 e. The predicted molar refractivity (Wildman–Crippen MR) is 107 cm³/mol. The largest absolute Gasteiger partial charge is 0.461 e. The average molecular weight is 402 g/mol. The molecule has 0 N–H and O–H groups in total. The highest BCUT2D eigenvalue weighted by Crippen LogP contribution is 2.35. The fourth-order valence-corrected chi connectivity index (χ4v) is 4.09. The molecule has 29 heavy (non-hydrogen) atoms. The van der Waals surface area contributed by atoms with Crippen molar-refractivity contribution in [3.63, 3.8) is 0 Å². The minimum absolute atomic E-state index is 0.0772. The van der Waals surface area contributed by atoms with Gasteiger partial charge >= 0.3 is 5.97 Å². The monoisotopic (exact) mass is 402 g/mol. The lowest BCUT2D eigenvalue weighted by Gasteiger charge is -2.36. The molecule has 158 valence electrons. The molecule has 0 saturated heterocycles. The second kappa shape index (κ2) is 8.42. The number of aryl methyl sites for hydroxylation is 2. The molecule has 0 spiro atoms. The van der Waals surface area contributed by atoms with Crippen LogP contribution in [-0.2, 0) is 23.1 Å². The first-order valence-electron chi connectivity index (χ1n) is 10.2. The summed E-state index contributed by atoms with van der Waals surface area (Å²) in [7, 11) is 1.58. The minimum Gasteiger partial charge on any atom is -0.461 e. The van der Waals surface area contributed by atoms with E-state index in [1.807, 2.05) is 6.92 Å². The summed E-state index contributed by atoms with van der Waals surface area (Å²) < 4.78 is 7.05. The maximum atomic E-state index is 12.5. The van der Waals surface area contributed by atoms with Crippen LogP contribution in [0, 0.1) is 31.6 Å². The van der Waals surface area contributed by atoms with Crippen LogP contribution in [0.5, 0.6) is 0 Å². The first kappa shape index (κ1) is 21.1. The maximum Gasteiger partial charge on any atom is 0.330 e. The van der Waals surface area contributed by atoms with E-state index in [1.165, 1.54) is 15.9 Å². The molecule has 0 bridgehead atoms. The predicted octanol–water partition coefficient (Wildman–Crippen LogP) is 2.05. The molecule has 1 aliphatic carbocycles. The number of hydrogen-bond donors (Lipinski definition) is 0. The van der Waals surface area contributed by atoms with Gasteiger partial charge in [0.1, 0.15) is 6.10 Å². The van der Waals surface area contributed by atoms with E-state index in [0.717, 1.165) is 12.8 Å². The summed E-state index contributed by atoms with van der Waals surface area (Å²) in [6.45, 7) is 10.0. The summed E-state index contributed by atoms with van der Waals surface area (Å²) >= 11 is 0. The lowest BCUT2D eigenvalue weighted by Crippen LogP contribution is -2.36. The summed E-state index contributed by atoms with van der Waals surface area (Å²) in [5.74, 6) is 1.19. The Bertz CT molecular complexity index is 948. The van der Waals surface area contributed by atoms with Gasteiger partial charge < -0.3 is 4.74 Å². The summed E-state index contributed by atoms with van der Waals surface area (Å²) in [6, 6.07) is 0. The third kappa shape index (κ3) is 4.54. The third-order valence-corrected chi connectivity index (χ3v) is 5.92. The highest BCUT2D eigenvalue weighted by atomic mass is 16.5. The van der Waals surface area contributed by atoms with Gasteiger partial charge in [0, 0.05) is 7.05 Å². The van der Waals surface area contributed by atoms with E-state index in [9.17, 15) is 9.59 Å². The van der Waals surface area contributed by atoms with Crippen LogP contribution in [0.15, 0.2) is 4.79 Å². The zero-order valence-corrected chi connectivity index (χ0v) is 18.0. The van der Waals surface area contributed by atoms with Crippen LogP contribution in [-0.4, -0.2) is 42.1 Å². The zero-order chi connectivity index (χ0) is 21.3. The van der Waals surface area contributed by atoms with Crippen LogP contribution < -0.4 is 5.56 Å². The molecule has 0 amide bonds. The molecule has 0 unspecified atom stereocenters. The molecule has 1 saturated carbocycles. The van der Waals surface area contributed by atoms with Crippen molar-refractivity contribution in [1.82, 2.24) is 30.0 Å². The minimum atomic E-state index is -0.380. The van der Waals surface area contributed by atoms with Gasteiger partial charge in [0.25, 0.3) is 5.56 Å². The Balaban J connectivity index is 1.74. The van der Waals surface area contributed by atoms with Gasteiger partial charge in [0.2, 0.25) is 5.82 Å². The first-order valence-corrected chi connectivity index (χ1v) is 10.2. The number of carbonyl (C=O) groups is 1. The molecule has 3 rings (SSSR count). The average Bonchev–Trinajstić information content (AvgIpc) is 3.08. The molecular weight excluding hydrogens is 372 g/mol. The molecule has 2 aromatic rings. The van der Waals surface area contributed by atoms with E-state index in [1.54, 1.807) is 14.0 Å². The second-order valence-electron chi connectivity index (χ2n) is 8.51. The van der Waals surface area contributed by atoms with Gasteiger partial charge in [0.15, 0.2) is 6.54 Å². The van der Waals surface area contributed by atoms with E-state index in [2.05, 4.69) is 41.3 Å². The van der Waals surface area contributed by atoms with Crippen molar-refractivity contribution < 1.29 is 9.53 Å². The highest BCUT2D eigenvalue weighted by molar-refractivity contribution is 5.69. The summed E-state index contributed by atoms with van der Waals surface area (Å²) in [5.41, 5.74) is 1.46. The maximum absolute atomic E-state index is 12.5. The standard InChI is InChI=1S/C20H30N6O3/c1-11(2)15-8-7-12(3)9-16(15)29-17(27)10-26-23-19(21-24-26)18-13(4)14(5)22-25(6)20(18)28/h11-12,15-16H,7-10H2,1-6H3/t12-,15-,16-/m1/s1. The lowest BCUT2D eigenvalue weighted by atomic mass is 9.75. The van der Waals surface area contributed by atoms with Gasteiger partial charge in [-0.2, -0.15) is 9.90 Å². The van der Waals surface area contributed by atoms with Crippen LogP contribution in [0.1, 0.15) is 51.3 Å². The summed E-state index contributed by atoms with van der Waals surface area (Å²) in [5, 5.41) is 16.3. The first-order chi connectivity index (χ1) is 13.7. The topological polar surface area (TPSA) is 105 Å². The van der Waals surface area contributed by atoms with Crippen molar-refractivity contribution >= 4 is 5.97 Å². The Morgan fingerprint density at radius 3 is 2.66 bits per heavy atom. The van der Waals surface area contributed by atoms with Crippen LogP contribution in [0.2, 0.25) is 0 Å². The van der Waals surface area contributed by atoms with Crippen molar-refractivity contribution in [2.75, 3.05) is 0 Å². The normalized spacial score (nSPS) is 22.1. The van der Waals surface area contributed by atoms with Crippen molar-refractivity contribution in [1.29, 1.82) is 0 Å². The van der Waals surface area contributed by atoms with E-state index in [0.29, 0.717) is 34.6 Å². The molecule has 1 fully saturated rings. The van der Waals surface area contributed by atoms with Crippen LogP contribution in [0.4, 0.5) is 0 Å². The molecule has 3 atom stereocenters. The van der Waals surface area contributed by atoms with Gasteiger partial charge in [-0.1, -0.05) is 27.2 Å². The van der Waals surface area contributed by atoms with Crippen LogP contribution in [0.25, 0.3) is 11.4 Å². The Morgan fingerprint density at radius 2 is 1.97 bits per heavy atom. The SMILES string of the molecule is Cc1nn(C)c(=O)c(-c2nnn(CC(=O)O[C@@H]3C[C@H](C)CC[C@@H]3C(C)C)n2)c1C. The molecule has 9 heteroatoms. The molecule has 0 aromatic carbocycles. The summed E-state index contributed by atoms with van der Waals surface area (Å²) in [4.78, 5) is 26.2. The molecule has 9 nitrogen and oxygen atoms in total. The van der Waals surface area contributed by atoms with E-state index < -0.39 is 0 Å². The number of aromatic nitrogens is 6. The van der Waals surface area contributed by atoms with Crippen molar-refractivity contribution in [2.45, 2.75) is 66.5 Å². The van der Waals surface area contributed by atoms with Gasteiger partial charge in [-0.05, 0) is 55.2 Å². The van der Waals surface area contributed by atoms with Crippen LogP contribution >= 0.6 is 0 Å². The molecule has 2 heterocycles. The molecule has 0 aliphatic heterocycles. The van der Waals surface area contributed by atoms with Crippen molar-refractivity contribution in [3.8, 4) is 11.4 Å². The van der Waals surface area contributed by atoms with Crippen molar-refractivity contribution in [2.24, 2.45) is 24.8 Å². The lowest BCUT2D eigenvalue weighted by molar-refractivity contribution is -0.157. The van der Waals surface area contributed by atoms with Crippen molar-refractivity contribution in [3.05, 3.63) is 21.6 Å². The summed E-state index contributed by atoms with van der Waals surface area (Å²) in [6.07, 6.45) is 3.05. The molecule has 2 aromatic heterocycles. The van der Waals surface area contributed by atoms with E-state index in [-0.39, 0.29) is 30.0 Å². The van der Waals surface area contributed by atoms with Gasteiger partial charge in [-0.3, -0.25) is 4.79 Å². The number of tetrazole rings is 1. The highest BCUT2D eigenvalue weighted by Gasteiger charge is 2.33. The van der Waals surface area contributed by atoms with Gasteiger partial charge in [0.05, 0.1) is 11.3 Å². The zero-order valence-electron chi connectivity index (χ0n) is 18.0. The number of esters is 1. The van der Waals surface area contributed by atoms with Gasteiger partial charge in [-0.15, -0.1) is 10.2 Å². The Labute approximate surface area is 170 Å². The number of rotatable bonds is 5.